The molecule has 0 aromatic carbocycles. The molecule has 1 saturated heterocycles. The number of thiophene rings is 1. The minimum atomic E-state index is 0.756. The molecule has 0 spiro atoms. The number of hydrogen-bond donors (Lipinski definition) is 1. The van der Waals surface area contributed by atoms with Gasteiger partial charge in [-0.3, -0.25) is 4.90 Å². The van der Waals surface area contributed by atoms with Crippen molar-refractivity contribution in [3.8, 4) is 0 Å². The van der Waals surface area contributed by atoms with Gasteiger partial charge in [-0.05, 0) is 54.7 Å². The lowest BCUT2D eigenvalue weighted by Crippen LogP contribution is -2.37. The van der Waals surface area contributed by atoms with Crippen LogP contribution in [0.3, 0.4) is 0 Å². The summed E-state index contributed by atoms with van der Waals surface area (Å²) >= 11 is 1.80. The predicted octanol–water partition coefficient (Wildman–Crippen LogP) is 2.71. The van der Waals surface area contributed by atoms with Crippen LogP contribution in [0.5, 0.6) is 0 Å². The third kappa shape index (κ3) is 3.30. The van der Waals surface area contributed by atoms with Crippen LogP contribution in [-0.4, -0.2) is 30.6 Å². The lowest BCUT2D eigenvalue weighted by molar-refractivity contribution is 0.240. The van der Waals surface area contributed by atoms with Gasteiger partial charge in [0.15, 0.2) is 0 Å². The standard InChI is InChI=1S/C13H22N2S/c1-2-6-14-9-13-4-3-7-15(13)10-12-5-8-16-11-12/h5,8,11,13-14H,2-4,6-7,9-10H2,1H3. The molecule has 3 heteroatoms. The van der Waals surface area contributed by atoms with Crippen molar-refractivity contribution < 1.29 is 0 Å². The molecule has 2 nitrogen and oxygen atoms in total. The average Bonchev–Trinajstić information content (AvgIpc) is 2.92. The largest absolute Gasteiger partial charge is 0.315 e. The van der Waals surface area contributed by atoms with Crippen LogP contribution < -0.4 is 5.32 Å². The molecule has 1 unspecified atom stereocenters. The predicted molar refractivity (Wildman–Crippen MR) is 70.9 cm³/mol. The lowest BCUT2D eigenvalue weighted by Gasteiger charge is -2.24. The van der Waals surface area contributed by atoms with Gasteiger partial charge in [-0.25, -0.2) is 0 Å². The second-order valence-corrected chi connectivity index (χ2v) is 5.38. The summed E-state index contributed by atoms with van der Waals surface area (Å²) in [6.45, 7) is 6.96. The molecule has 1 aromatic heterocycles. The van der Waals surface area contributed by atoms with Crippen LogP contribution in [0.15, 0.2) is 16.8 Å². The van der Waals surface area contributed by atoms with E-state index < -0.39 is 0 Å². The molecule has 2 heterocycles. The number of hydrogen-bond acceptors (Lipinski definition) is 3. The second kappa shape index (κ2) is 6.38. The zero-order valence-electron chi connectivity index (χ0n) is 10.1. The lowest BCUT2D eigenvalue weighted by atomic mass is 10.2. The molecule has 2 rings (SSSR count). The van der Waals surface area contributed by atoms with Crippen molar-refractivity contribution in [2.45, 2.75) is 38.8 Å². The van der Waals surface area contributed by atoms with Crippen molar-refractivity contribution in [3.63, 3.8) is 0 Å². The number of likely N-dealkylation sites (tertiary alicyclic amines) is 1. The van der Waals surface area contributed by atoms with Gasteiger partial charge in [-0.1, -0.05) is 6.92 Å². The Bertz CT molecular complexity index is 284. The molecule has 0 radical (unpaired) electrons. The summed E-state index contributed by atoms with van der Waals surface area (Å²) in [4.78, 5) is 2.63. The van der Waals surface area contributed by atoms with Gasteiger partial charge in [0.25, 0.3) is 0 Å². The molecule has 1 N–H and O–H groups in total. The minimum absolute atomic E-state index is 0.756. The molecular formula is C13H22N2S. The fourth-order valence-electron chi connectivity index (χ4n) is 2.40. The third-order valence-corrected chi connectivity index (χ3v) is 4.00. The van der Waals surface area contributed by atoms with Gasteiger partial charge >= 0.3 is 0 Å². The molecule has 0 amide bonds. The Morgan fingerprint density at radius 3 is 3.25 bits per heavy atom. The van der Waals surface area contributed by atoms with Crippen molar-refractivity contribution in [2.75, 3.05) is 19.6 Å². The Hall–Kier alpha value is -0.380. The fourth-order valence-corrected chi connectivity index (χ4v) is 3.06. The van der Waals surface area contributed by atoms with Crippen LogP contribution in [-0.2, 0) is 6.54 Å². The first kappa shape index (κ1) is 12.1. The van der Waals surface area contributed by atoms with Gasteiger partial charge in [0.1, 0.15) is 0 Å². The topological polar surface area (TPSA) is 15.3 Å². The highest BCUT2D eigenvalue weighted by Gasteiger charge is 2.23. The van der Waals surface area contributed by atoms with E-state index in [9.17, 15) is 0 Å². The van der Waals surface area contributed by atoms with Crippen LogP contribution in [0.2, 0.25) is 0 Å². The highest BCUT2D eigenvalue weighted by molar-refractivity contribution is 7.07. The van der Waals surface area contributed by atoms with Crippen molar-refractivity contribution in [2.24, 2.45) is 0 Å². The third-order valence-electron chi connectivity index (χ3n) is 3.27. The maximum absolute atomic E-state index is 3.55. The zero-order valence-corrected chi connectivity index (χ0v) is 10.9. The average molecular weight is 238 g/mol. The minimum Gasteiger partial charge on any atom is -0.315 e. The Morgan fingerprint density at radius 1 is 1.56 bits per heavy atom. The number of rotatable bonds is 6. The Labute approximate surface area is 103 Å². The number of nitrogens with one attached hydrogen (secondary N) is 1. The van der Waals surface area contributed by atoms with E-state index in [1.807, 2.05) is 0 Å². The van der Waals surface area contributed by atoms with Crippen molar-refractivity contribution in [1.82, 2.24) is 10.2 Å². The second-order valence-electron chi connectivity index (χ2n) is 4.60. The van der Waals surface area contributed by atoms with Crippen molar-refractivity contribution in [1.29, 1.82) is 0 Å². The van der Waals surface area contributed by atoms with Gasteiger partial charge in [0, 0.05) is 19.1 Å². The Morgan fingerprint density at radius 2 is 2.50 bits per heavy atom. The molecule has 1 atom stereocenters. The van der Waals surface area contributed by atoms with E-state index in [1.54, 1.807) is 11.3 Å². The fraction of sp³-hybridized carbons (Fsp3) is 0.692. The summed E-state index contributed by atoms with van der Waals surface area (Å²) in [6.07, 6.45) is 3.96. The summed E-state index contributed by atoms with van der Waals surface area (Å²) in [7, 11) is 0. The van der Waals surface area contributed by atoms with Crippen LogP contribution >= 0.6 is 11.3 Å². The molecule has 1 fully saturated rings. The Balaban J connectivity index is 1.79. The first-order valence-corrected chi connectivity index (χ1v) is 7.30. The van der Waals surface area contributed by atoms with Crippen LogP contribution in [0.1, 0.15) is 31.7 Å². The maximum atomic E-state index is 3.55. The molecule has 1 aliphatic rings. The van der Waals surface area contributed by atoms with Crippen LogP contribution in [0.25, 0.3) is 0 Å². The molecule has 90 valence electrons. The smallest absolute Gasteiger partial charge is 0.0245 e. The van der Waals surface area contributed by atoms with Gasteiger partial charge in [0.2, 0.25) is 0 Å². The monoisotopic (exact) mass is 238 g/mol. The summed E-state index contributed by atoms with van der Waals surface area (Å²) in [5, 5.41) is 8.00. The van der Waals surface area contributed by atoms with Crippen molar-refractivity contribution in [3.05, 3.63) is 22.4 Å². The SMILES string of the molecule is CCCNCC1CCCN1Cc1ccsc1. The normalized spacial score (nSPS) is 21.7. The summed E-state index contributed by atoms with van der Waals surface area (Å²) in [5.74, 6) is 0. The van der Waals surface area contributed by atoms with Gasteiger partial charge in [0.05, 0.1) is 0 Å². The molecule has 0 saturated carbocycles. The van der Waals surface area contributed by atoms with E-state index >= 15 is 0 Å². The van der Waals surface area contributed by atoms with E-state index in [4.69, 9.17) is 0 Å². The molecule has 0 aliphatic carbocycles. The van der Waals surface area contributed by atoms with Gasteiger partial charge in [-0.15, -0.1) is 0 Å². The molecular weight excluding hydrogens is 216 g/mol. The van der Waals surface area contributed by atoms with Crippen LogP contribution in [0, 0.1) is 0 Å². The van der Waals surface area contributed by atoms with Crippen molar-refractivity contribution >= 4 is 11.3 Å². The number of nitrogens with zero attached hydrogens (tertiary/aromatic N) is 1. The first-order chi connectivity index (χ1) is 7.90. The zero-order chi connectivity index (χ0) is 11.2. The van der Waals surface area contributed by atoms with E-state index in [1.165, 1.54) is 31.4 Å². The Kier molecular flexibility index (Phi) is 4.82. The van der Waals surface area contributed by atoms with E-state index in [-0.39, 0.29) is 0 Å². The summed E-state index contributed by atoms with van der Waals surface area (Å²) in [5.41, 5.74) is 1.48. The maximum Gasteiger partial charge on any atom is 0.0245 e. The summed E-state index contributed by atoms with van der Waals surface area (Å²) in [6, 6.07) is 3.01. The highest BCUT2D eigenvalue weighted by atomic mass is 32.1. The molecule has 1 aromatic rings. The van der Waals surface area contributed by atoms with E-state index in [2.05, 4.69) is 34.0 Å². The molecule has 1 aliphatic heterocycles. The van der Waals surface area contributed by atoms with Gasteiger partial charge in [-0.2, -0.15) is 11.3 Å². The van der Waals surface area contributed by atoms with Crippen LogP contribution in [0.4, 0.5) is 0 Å². The quantitative estimate of drug-likeness (QED) is 0.767. The summed E-state index contributed by atoms with van der Waals surface area (Å²) < 4.78 is 0. The first-order valence-electron chi connectivity index (χ1n) is 6.36. The van der Waals surface area contributed by atoms with E-state index in [0.29, 0.717) is 0 Å². The molecule has 16 heavy (non-hydrogen) atoms. The van der Waals surface area contributed by atoms with Gasteiger partial charge < -0.3 is 5.32 Å². The highest BCUT2D eigenvalue weighted by Crippen LogP contribution is 2.20. The van der Waals surface area contributed by atoms with E-state index in [0.717, 1.165) is 25.7 Å². The molecule has 0 bridgehead atoms.